The van der Waals surface area contributed by atoms with Gasteiger partial charge in [0.15, 0.2) is 0 Å². The maximum absolute atomic E-state index is 10.6. The van der Waals surface area contributed by atoms with Crippen LogP contribution >= 0.6 is 0 Å². The maximum atomic E-state index is 10.6. The van der Waals surface area contributed by atoms with Gasteiger partial charge in [-0.3, -0.25) is 4.79 Å². The zero-order chi connectivity index (χ0) is 7.94. The minimum atomic E-state index is -0.125. The van der Waals surface area contributed by atoms with Crippen LogP contribution in [0.4, 0.5) is 0 Å². The Morgan fingerprint density at radius 3 is 2.10 bits per heavy atom. The smallest absolute Gasteiger partial charge is 0.220 e. The molecule has 1 saturated carbocycles. The summed E-state index contributed by atoms with van der Waals surface area (Å²) >= 11 is 0. The molecule has 0 heterocycles. The van der Waals surface area contributed by atoms with E-state index in [9.17, 15) is 4.79 Å². The number of nitrogens with two attached hydrogens (primary N) is 1. The lowest BCUT2D eigenvalue weighted by Gasteiger charge is -2.16. The predicted octanol–water partition coefficient (Wildman–Crippen LogP) is 1.15. The van der Waals surface area contributed by atoms with Gasteiger partial charge in [-0.2, -0.15) is 0 Å². The third-order valence-electron chi connectivity index (χ3n) is 2.27. The molecule has 0 bridgehead atoms. The second-order valence-corrected chi connectivity index (χ2v) is 4.22. The molecule has 1 amide bonds. The number of primary amides is 1. The molecule has 2 heteroatoms. The van der Waals surface area contributed by atoms with Crippen molar-refractivity contribution in [3.8, 4) is 0 Å². The molecule has 0 aliphatic heterocycles. The summed E-state index contributed by atoms with van der Waals surface area (Å²) in [5.41, 5.74) is 5.41. The Labute approximate surface area is 61.8 Å². The third-order valence-corrected chi connectivity index (χ3v) is 2.27. The highest BCUT2D eigenvalue weighted by atomic mass is 16.1. The van der Waals surface area contributed by atoms with Crippen LogP contribution in [0, 0.1) is 17.3 Å². The topological polar surface area (TPSA) is 43.1 Å². The van der Waals surface area contributed by atoms with Gasteiger partial charge in [0.1, 0.15) is 0 Å². The van der Waals surface area contributed by atoms with Crippen LogP contribution in [-0.2, 0) is 4.79 Å². The van der Waals surface area contributed by atoms with Crippen LogP contribution in [0.3, 0.4) is 0 Å². The molecule has 2 nitrogen and oxygen atoms in total. The molecule has 2 N–H and O–H groups in total. The van der Waals surface area contributed by atoms with Crippen molar-refractivity contribution in [2.45, 2.75) is 27.2 Å². The van der Waals surface area contributed by atoms with Gasteiger partial charge in [-0.05, 0) is 17.8 Å². The van der Waals surface area contributed by atoms with E-state index in [0.29, 0.717) is 5.92 Å². The Hall–Kier alpha value is -0.530. The summed E-state index contributed by atoms with van der Waals surface area (Å²) in [4.78, 5) is 10.6. The summed E-state index contributed by atoms with van der Waals surface area (Å²) in [6.45, 7) is 6.46. The van der Waals surface area contributed by atoms with Gasteiger partial charge in [0.05, 0.1) is 0 Å². The van der Waals surface area contributed by atoms with Crippen LogP contribution in [0.15, 0.2) is 0 Å². The first-order valence-electron chi connectivity index (χ1n) is 3.72. The third kappa shape index (κ3) is 1.31. The van der Waals surface area contributed by atoms with E-state index in [4.69, 9.17) is 5.73 Å². The summed E-state index contributed by atoms with van der Waals surface area (Å²) in [6, 6.07) is 0. The molecule has 1 aliphatic rings. The van der Waals surface area contributed by atoms with E-state index in [0.717, 1.165) is 6.42 Å². The fourth-order valence-corrected chi connectivity index (χ4v) is 1.47. The van der Waals surface area contributed by atoms with E-state index in [-0.39, 0.29) is 17.2 Å². The molecular formula is C8H15NO. The number of rotatable bonds is 1. The highest BCUT2D eigenvalue weighted by molar-refractivity contribution is 5.79. The van der Waals surface area contributed by atoms with Crippen molar-refractivity contribution < 1.29 is 4.79 Å². The van der Waals surface area contributed by atoms with Gasteiger partial charge in [-0.1, -0.05) is 20.8 Å². The van der Waals surface area contributed by atoms with Gasteiger partial charge < -0.3 is 5.73 Å². The van der Waals surface area contributed by atoms with Crippen molar-refractivity contribution >= 4 is 5.91 Å². The van der Waals surface area contributed by atoms with Gasteiger partial charge in [0, 0.05) is 5.92 Å². The number of hydrogen-bond donors (Lipinski definition) is 1. The van der Waals surface area contributed by atoms with Crippen LogP contribution in [0.1, 0.15) is 27.2 Å². The van der Waals surface area contributed by atoms with Crippen LogP contribution in [0.2, 0.25) is 0 Å². The Bertz CT molecular complexity index is 157. The Kier molecular flexibility index (Phi) is 1.50. The first kappa shape index (κ1) is 7.58. The predicted molar refractivity (Wildman–Crippen MR) is 40.2 cm³/mol. The zero-order valence-electron chi connectivity index (χ0n) is 6.85. The minimum Gasteiger partial charge on any atom is -0.369 e. The van der Waals surface area contributed by atoms with Crippen molar-refractivity contribution in [1.82, 2.24) is 0 Å². The maximum Gasteiger partial charge on any atom is 0.220 e. The molecule has 0 aromatic carbocycles. The summed E-state index contributed by atoms with van der Waals surface area (Å²) in [6.07, 6.45) is 0.999. The quantitative estimate of drug-likeness (QED) is 0.585. The minimum absolute atomic E-state index is 0.125. The van der Waals surface area contributed by atoms with Crippen molar-refractivity contribution in [2.24, 2.45) is 23.0 Å². The summed E-state index contributed by atoms with van der Waals surface area (Å²) in [5, 5.41) is 0. The molecule has 0 unspecified atom stereocenters. The highest BCUT2D eigenvalue weighted by Crippen LogP contribution is 2.50. The zero-order valence-corrected chi connectivity index (χ0v) is 6.85. The molecule has 58 valence electrons. The lowest BCUT2D eigenvalue weighted by molar-refractivity contribution is -0.119. The van der Waals surface area contributed by atoms with E-state index in [1.807, 2.05) is 0 Å². The SMILES string of the molecule is CC(C)(C)[C@H]1C[C@@H]1C(N)=O. The lowest BCUT2D eigenvalue weighted by Crippen LogP contribution is -2.18. The average molecular weight is 141 g/mol. The van der Waals surface area contributed by atoms with Gasteiger partial charge >= 0.3 is 0 Å². The summed E-state index contributed by atoms with van der Waals surface area (Å²) in [5.74, 6) is 0.574. The van der Waals surface area contributed by atoms with E-state index >= 15 is 0 Å². The van der Waals surface area contributed by atoms with Crippen molar-refractivity contribution in [1.29, 1.82) is 0 Å². The second-order valence-electron chi connectivity index (χ2n) is 4.22. The van der Waals surface area contributed by atoms with Crippen molar-refractivity contribution in [2.75, 3.05) is 0 Å². The van der Waals surface area contributed by atoms with Crippen LogP contribution in [0.5, 0.6) is 0 Å². The first-order valence-corrected chi connectivity index (χ1v) is 3.72. The summed E-state index contributed by atoms with van der Waals surface area (Å²) < 4.78 is 0. The largest absolute Gasteiger partial charge is 0.369 e. The molecule has 1 fully saturated rings. The van der Waals surface area contributed by atoms with Gasteiger partial charge in [-0.15, -0.1) is 0 Å². The van der Waals surface area contributed by atoms with Crippen molar-refractivity contribution in [3.05, 3.63) is 0 Å². The first-order chi connectivity index (χ1) is 4.43. The lowest BCUT2D eigenvalue weighted by atomic mass is 9.89. The van der Waals surface area contributed by atoms with E-state index in [1.54, 1.807) is 0 Å². The molecule has 0 saturated heterocycles. The second kappa shape index (κ2) is 1.97. The Morgan fingerprint density at radius 2 is 2.00 bits per heavy atom. The highest BCUT2D eigenvalue weighted by Gasteiger charge is 2.48. The molecule has 0 radical (unpaired) electrons. The number of carbonyl (C=O) groups excluding carboxylic acids is 1. The van der Waals surface area contributed by atoms with Gasteiger partial charge in [0.2, 0.25) is 5.91 Å². The van der Waals surface area contributed by atoms with E-state index < -0.39 is 0 Å². The van der Waals surface area contributed by atoms with Crippen LogP contribution in [0.25, 0.3) is 0 Å². The Balaban J connectivity index is 2.46. The monoisotopic (exact) mass is 141 g/mol. The van der Waals surface area contributed by atoms with Crippen LogP contribution in [-0.4, -0.2) is 5.91 Å². The number of carbonyl (C=O) groups is 1. The van der Waals surface area contributed by atoms with Gasteiger partial charge in [-0.25, -0.2) is 0 Å². The molecule has 2 atom stereocenters. The van der Waals surface area contributed by atoms with Crippen LogP contribution < -0.4 is 5.73 Å². The molecule has 0 aromatic heterocycles. The fraction of sp³-hybridized carbons (Fsp3) is 0.875. The average Bonchev–Trinajstić information content (AvgIpc) is 2.35. The Morgan fingerprint density at radius 1 is 1.50 bits per heavy atom. The summed E-state index contributed by atoms with van der Waals surface area (Å²) in [7, 11) is 0. The number of amides is 1. The molecule has 0 spiro atoms. The van der Waals surface area contributed by atoms with Crippen molar-refractivity contribution in [3.63, 3.8) is 0 Å². The number of hydrogen-bond acceptors (Lipinski definition) is 1. The standard InChI is InChI=1S/C8H15NO/c1-8(2,3)6-4-5(6)7(9)10/h5-6H,4H2,1-3H3,(H2,9,10)/t5-,6-/m0/s1. The van der Waals surface area contributed by atoms with E-state index in [1.165, 1.54) is 0 Å². The molecule has 10 heavy (non-hydrogen) atoms. The fourth-order valence-electron chi connectivity index (χ4n) is 1.47. The molecule has 0 aromatic rings. The molecule has 1 rings (SSSR count). The molecular weight excluding hydrogens is 126 g/mol. The van der Waals surface area contributed by atoms with Gasteiger partial charge in [0.25, 0.3) is 0 Å². The normalized spacial score (nSPS) is 31.9. The molecule has 1 aliphatic carbocycles. The van der Waals surface area contributed by atoms with E-state index in [2.05, 4.69) is 20.8 Å².